The average molecular weight is 231 g/mol. The Balaban J connectivity index is 2.91. The van der Waals surface area contributed by atoms with E-state index in [1.807, 2.05) is 26.0 Å². The monoisotopic (exact) mass is 231 g/mol. The van der Waals surface area contributed by atoms with Crippen molar-refractivity contribution in [1.29, 1.82) is 0 Å². The van der Waals surface area contributed by atoms with Crippen molar-refractivity contribution >= 4 is 12.0 Å². The van der Waals surface area contributed by atoms with Gasteiger partial charge in [-0.3, -0.25) is 0 Å². The van der Waals surface area contributed by atoms with Gasteiger partial charge in [0.15, 0.2) is 0 Å². The predicted molar refractivity (Wildman–Crippen MR) is 56.9 cm³/mol. The van der Waals surface area contributed by atoms with Crippen molar-refractivity contribution in [1.82, 2.24) is 4.57 Å². The maximum atomic E-state index is 11.7. The number of nitrogens with two attached hydrogens (primary N) is 1. The van der Waals surface area contributed by atoms with Crippen LogP contribution < -0.4 is 5.73 Å². The van der Waals surface area contributed by atoms with Crippen LogP contribution in [0.5, 0.6) is 0 Å². The lowest BCUT2D eigenvalue weighted by Crippen LogP contribution is -2.10. The van der Waals surface area contributed by atoms with Gasteiger partial charge in [0.25, 0.3) is 0 Å². The number of allylic oxidation sites excluding steroid dienone is 1. The zero-order valence-electron chi connectivity index (χ0n) is 8.92. The first kappa shape index (κ1) is 12.4. The highest BCUT2D eigenvalue weighted by molar-refractivity contribution is 5.78. The molecule has 1 heterocycles. The number of hydrogen-bond donors (Lipinski definition) is 1. The van der Waals surface area contributed by atoms with Gasteiger partial charge in [0, 0.05) is 17.6 Å². The van der Waals surface area contributed by atoms with Crippen LogP contribution >= 0.6 is 0 Å². The lowest BCUT2D eigenvalue weighted by molar-refractivity contribution is -0.118. The molecule has 1 aromatic rings. The zero-order chi connectivity index (χ0) is 12.3. The highest BCUT2D eigenvalue weighted by Crippen LogP contribution is 2.15. The molecule has 0 aliphatic heterocycles. The summed E-state index contributed by atoms with van der Waals surface area (Å²) in [6.45, 7) is 3.63. The maximum absolute atomic E-state index is 11.7. The van der Waals surface area contributed by atoms with Crippen molar-refractivity contribution in [2.75, 3.05) is 0 Å². The fourth-order valence-electron chi connectivity index (χ4n) is 1.35. The summed E-state index contributed by atoms with van der Waals surface area (Å²) < 4.78 is 36.8. The molecule has 0 radical (unpaired) electrons. The standard InChI is InChI=1S/C10H12F3N3/c1-7-3-4-8(2)16(7)9(14)5-6-15-10(11,12)13/h3-6H,14H2,1-2H3. The lowest BCUT2D eigenvalue weighted by atomic mass is 10.5. The fourth-order valence-corrected chi connectivity index (χ4v) is 1.35. The van der Waals surface area contributed by atoms with E-state index in [2.05, 4.69) is 4.99 Å². The molecular formula is C10H12F3N3. The second kappa shape index (κ2) is 4.42. The molecule has 1 rings (SSSR count). The largest absolute Gasteiger partial charge is 0.503 e. The van der Waals surface area contributed by atoms with E-state index in [4.69, 9.17) is 5.73 Å². The third-order valence-electron chi connectivity index (χ3n) is 2.00. The van der Waals surface area contributed by atoms with Crippen molar-refractivity contribution < 1.29 is 13.2 Å². The summed E-state index contributed by atoms with van der Waals surface area (Å²) in [5, 5.41) is 0. The van der Waals surface area contributed by atoms with Crippen LogP contribution in [0.25, 0.3) is 5.82 Å². The van der Waals surface area contributed by atoms with Crippen molar-refractivity contribution in [3.8, 4) is 0 Å². The molecule has 3 nitrogen and oxygen atoms in total. The summed E-state index contributed by atoms with van der Waals surface area (Å²) >= 11 is 0. The number of aryl methyl sites for hydroxylation is 2. The third kappa shape index (κ3) is 3.15. The minimum atomic E-state index is -4.56. The van der Waals surface area contributed by atoms with Crippen molar-refractivity contribution in [3.05, 3.63) is 29.6 Å². The Labute approximate surface area is 91.1 Å². The van der Waals surface area contributed by atoms with Gasteiger partial charge >= 0.3 is 6.30 Å². The van der Waals surface area contributed by atoms with Crippen LogP contribution in [-0.4, -0.2) is 17.1 Å². The molecule has 0 aliphatic carbocycles. The maximum Gasteiger partial charge on any atom is 0.503 e. The minimum absolute atomic E-state index is 0.202. The molecule has 0 amide bonds. The van der Waals surface area contributed by atoms with E-state index in [0.29, 0.717) is 6.21 Å². The molecule has 0 aromatic carbocycles. The van der Waals surface area contributed by atoms with Crippen LogP contribution in [0.1, 0.15) is 11.4 Å². The predicted octanol–water partition coefficient (Wildman–Crippen LogP) is 2.45. The van der Waals surface area contributed by atoms with Gasteiger partial charge in [0.1, 0.15) is 5.82 Å². The number of aromatic nitrogens is 1. The van der Waals surface area contributed by atoms with Gasteiger partial charge in [-0.05, 0) is 32.1 Å². The Bertz CT molecular complexity index is 408. The van der Waals surface area contributed by atoms with E-state index < -0.39 is 6.30 Å². The van der Waals surface area contributed by atoms with E-state index in [1.165, 1.54) is 0 Å². The van der Waals surface area contributed by atoms with Crippen LogP contribution in [0.2, 0.25) is 0 Å². The molecule has 2 N–H and O–H groups in total. The SMILES string of the molecule is Cc1ccc(C)n1C(N)=CC=NC(F)(F)F. The quantitative estimate of drug-likeness (QED) is 0.616. The third-order valence-corrected chi connectivity index (χ3v) is 2.00. The number of aliphatic imine (C=N–C) groups is 1. The van der Waals surface area contributed by atoms with Gasteiger partial charge in [0.2, 0.25) is 0 Å². The van der Waals surface area contributed by atoms with Gasteiger partial charge < -0.3 is 10.3 Å². The fraction of sp³-hybridized carbons (Fsp3) is 0.300. The van der Waals surface area contributed by atoms with E-state index in [9.17, 15) is 13.2 Å². The van der Waals surface area contributed by atoms with Gasteiger partial charge in [-0.1, -0.05) is 0 Å². The zero-order valence-corrected chi connectivity index (χ0v) is 8.92. The molecule has 1 aromatic heterocycles. The van der Waals surface area contributed by atoms with Gasteiger partial charge in [-0.25, -0.2) is 0 Å². The minimum Gasteiger partial charge on any atom is -0.385 e. The molecule has 16 heavy (non-hydrogen) atoms. The number of halogens is 3. The molecular weight excluding hydrogens is 219 g/mol. The van der Waals surface area contributed by atoms with Crippen LogP contribution in [0, 0.1) is 13.8 Å². The molecule has 0 bridgehead atoms. The van der Waals surface area contributed by atoms with E-state index in [0.717, 1.165) is 17.5 Å². The van der Waals surface area contributed by atoms with Crippen LogP contribution in [0.15, 0.2) is 23.2 Å². The van der Waals surface area contributed by atoms with Gasteiger partial charge in [-0.2, -0.15) is 4.99 Å². The normalized spacial score (nSPS) is 13.7. The number of nitrogens with zero attached hydrogens (tertiary/aromatic N) is 2. The molecule has 0 atom stereocenters. The second-order valence-corrected chi connectivity index (χ2v) is 3.29. The van der Waals surface area contributed by atoms with Crippen molar-refractivity contribution in [2.45, 2.75) is 20.1 Å². The Morgan fingerprint density at radius 1 is 1.31 bits per heavy atom. The summed E-state index contributed by atoms with van der Waals surface area (Å²) in [6, 6.07) is 3.66. The Hall–Kier alpha value is -1.72. The first-order valence-electron chi connectivity index (χ1n) is 4.54. The highest BCUT2D eigenvalue weighted by Gasteiger charge is 2.24. The molecule has 0 fully saturated rings. The number of alkyl halides is 3. The first-order valence-corrected chi connectivity index (χ1v) is 4.54. The highest BCUT2D eigenvalue weighted by atomic mass is 19.4. The molecule has 0 spiro atoms. The molecule has 0 saturated heterocycles. The van der Waals surface area contributed by atoms with E-state index >= 15 is 0 Å². The molecule has 6 heteroatoms. The van der Waals surface area contributed by atoms with E-state index in [1.54, 1.807) is 4.57 Å². The van der Waals surface area contributed by atoms with Crippen molar-refractivity contribution in [2.24, 2.45) is 10.7 Å². The Morgan fingerprint density at radius 2 is 1.81 bits per heavy atom. The molecule has 0 saturated carbocycles. The topological polar surface area (TPSA) is 43.3 Å². The molecule has 0 unspecified atom stereocenters. The van der Waals surface area contributed by atoms with Gasteiger partial charge in [-0.15, -0.1) is 13.2 Å². The van der Waals surface area contributed by atoms with Gasteiger partial charge in [0.05, 0.1) is 0 Å². The van der Waals surface area contributed by atoms with Crippen LogP contribution in [0.3, 0.4) is 0 Å². The Kier molecular flexibility index (Phi) is 3.41. The van der Waals surface area contributed by atoms with E-state index in [-0.39, 0.29) is 5.82 Å². The van der Waals surface area contributed by atoms with Crippen molar-refractivity contribution in [3.63, 3.8) is 0 Å². The summed E-state index contributed by atoms with van der Waals surface area (Å²) in [5.41, 5.74) is 7.34. The summed E-state index contributed by atoms with van der Waals surface area (Å²) in [6.07, 6.45) is -2.79. The summed E-state index contributed by atoms with van der Waals surface area (Å²) in [5.74, 6) is 0.202. The molecule has 0 aliphatic rings. The average Bonchev–Trinajstić information content (AvgIpc) is 2.43. The van der Waals surface area contributed by atoms with Crippen LogP contribution in [-0.2, 0) is 0 Å². The second-order valence-electron chi connectivity index (χ2n) is 3.29. The summed E-state index contributed by atoms with van der Waals surface area (Å²) in [7, 11) is 0. The first-order chi connectivity index (χ1) is 7.31. The number of rotatable bonds is 2. The molecule has 88 valence electrons. The Morgan fingerprint density at radius 3 is 2.25 bits per heavy atom. The smallest absolute Gasteiger partial charge is 0.385 e. The van der Waals surface area contributed by atoms with Crippen LogP contribution in [0.4, 0.5) is 13.2 Å². The lowest BCUT2D eigenvalue weighted by Gasteiger charge is -2.08. The number of hydrogen-bond acceptors (Lipinski definition) is 2. The summed E-state index contributed by atoms with van der Waals surface area (Å²) in [4.78, 5) is 2.37.